The van der Waals surface area contributed by atoms with Crippen molar-refractivity contribution in [3.63, 3.8) is 0 Å². The predicted octanol–water partition coefficient (Wildman–Crippen LogP) is 3.05. The molecule has 0 unspecified atom stereocenters. The van der Waals surface area contributed by atoms with Crippen LogP contribution in [0.15, 0.2) is 11.6 Å². The van der Waals surface area contributed by atoms with E-state index in [9.17, 15) is 0 Å². The van der Waals surface area contributed by atoms with Crippen molar-refractivity contribution < 1.29 is 0 Å². The van der Waals surface area contributed by atoms with Crippen molar-refractivity contribution in [3.05, 3.63) is 27.2 Å². The molecule has 2 aromatic rings. The van der Waals surface area contributed by atoms with E-state index in [4.69, 9.17) is 10.7 Å². The molecule has 3 N–H and O–H groups in total. The molecule has 102 valence electrons. The molecule has 2 aromatic heterocycles. The molecule has 0 aliphatic heterocycles. The first-order chi connectivity index (χ1) is 9.18. The lowest BCUT2D eigenvalue weighted by Crippen LogP contribution is -2.39. The second kappa shape index (κ2) is 5.19. The van der Waals surface area contributed by atoms with Crippen LogP contribution in [0.25, 0.3) is 0 Å². The summed E-state index contributed by atoms with van der Waals surface area (Å²) in [6, 6.07) is 0. The standard InChI is InChI=1S/C13H18N4S2/c1-9-8-18-11(17-9)13(4-2-3-5-13)16-7-10-6-15-12(14)19-10/h6,8,16H,2-5,7H2,1H3,(H2,14,15). The Kier molecular flexibility index (Phi) is 3.56. The van der Waals surface area contributed by atoms with Gasteiger partial charge >= 0.3 is 0 Å². The summed E-state index contributed by atoms with van der Waals surface area (Å²) >= 11 is 3.33. The van der Waals surface area contributed by atoms with Crippen LogP contribution in [0.5, 0.6) is 0 Å². The van der Waals surface area contributed by atoms with Gasteiger partial charge < -0.3 is 11.1 Å². The number of aromatic nitrogens is 2. The van der Waals surface area contributed by atoms with Crippen molar-refractivity contribution in [2.45, 2.75) is 44.7 Å². The van der Waals surface area contributed by atoms with Gasteiger partial charge in [0.15, 0.2) is 5.13 Å². The Morgan fingerprint density at radius 3 is 2.79 bits per heavy atom. The van der Waals surface area contributed by atoms with Gasteiger partial charge in [0, 0.05) is 28.7 Å². The van der Waals surface area contributed by atoms with Crippen molar-refractivity contribution in [3.8, 4) is 0 Å². The van der Waals surface area contributed by atoms with Crippen LogP contribution in [0, 0.1) is 6.92 Å². The van der Waals surface area contributed by atoms with Crippen LogP contribution in [-0.4, -0.2) is 9.97 Å². The van der Waals surface area contributed by atoms with Gasteiger partial charge in [-0.15, -0.1) is 22.7 Å². The van der Waals surface area contributed by atoms with Crippen molar-refractivity contribution in [2.75, 3.05) is 5.73 Å². The third kappa shape index (κ3) is 2.66. The fourth-order valence-electron chi connectivity index (χ4n) is 2.68. The van der Waals surface area contributed by atoms with Gasteiger partial charge in [0.25, 0.3) is 0 Å². The topological polar surface area (TPSA) is 63.8 Å². The van der Waals surface area contributed by atoms with Crippen molar-refractivity contribution in [1.29, 1.82) is 0 Å². The number of nitrogens with zero attached hydrogens (tertiary/aromatic N) is 2. The van der Waals surface area contributed by atoms with E-state index in [2.05, 4.69) is 22.6 Å². The van der Waals surface area contributed by atoms with E-state index in [-0.39, 0.29) is 5.54 Å². The fraction of sp³-hybridized carbons (Fsp3) is 0.538. The Morgan fingerprint density at radius 2 is 2.21 bits per heavy atom. The van der Waals surface area contributed by atoms with E-state index in [1.54, 1.807) is 22.7 Å². The Morgan fingerprint density at radius 1 is 1.42 bits per heavy atom. The molecule has 1 aliphatic carbocycles. The minimum Gasteiger partial charge on any atom is -0.375 e. The molecule has 1 saturated carbocycles. The molecule has 3 rings (SSSR count). The van der Waals surface area contributed by atoms with Gasteiger partial charge in [0.05, 0.1) is 5.54 Å². The summed E-state index contributed by atoms with van der Waals surface area (Å²) in [6.07, 6.45) is 6.76. The number of anilines is 1. The number of rotatable bonds is 4. The average Bonchev–Trinajstić information content (AvgIpc) is 3.08. The van der Waals surface area contributed by atoms with E-state index in [0.29, 0.717) is 5.13 Å². The number of hydrogen-bond acceptors (Lipinski definition) is 6. The number of nitrogen functional groups attached to an aromatic ring is 1. The Hall–Kier alpha value is -0.980. The third-order valence-electron chi connectivity index (χ3n) is 3.66. The largest absolute Gasteiger partial charge is 0.375 e. The zero-order valence-electron chi connectivity index (χ0n) is 11.0. The molecular weight excluding hydrogens is 276 g/mol. The number of nitrogens with one attached hydrogen (secondary N) is 1. The lowest BCUT2D eigenvalue weighted by Gasteiger charge is -2.28. The number of nitrogens with two attached hydrogens (primary N) is 1. The first-order valence-corrected chi connectivity index (χ1v) is 8.25. The zero-order chi connectivity index (χ0) is 13.3. The summed E-state index contributed by atoms with van der Waals surface area (Å²) in [5.74, 6) is 0. The molecule has 2 heterocycles. The molecule has 6 heteroatoms. The first-order valence-electron chi connectivity index (χ1n) is 6.56. The number of hydrogen-bond donors (Lipinski definition) is 2. The smallest absolute Gasteiger partial charge is 0.180 e. The van der Waals surface area contributed by atoms with Crippen LogP contribution in [0.1, 0.15) is 41.3 Å². The van der Waals surface area contributed by atoms with E-state index in [0.717, 1.165) is 12.2 Å². The van der Waals surface area contributed by atoms with E-state index in [1.807, 2.05) is 6.20 Å². The van der Waals surface area contributed by atoms with Gasteiger partial charge in [-0.2, -0.15) is 0 Å². The molecule has 19 heavy (non-hydrogen) atoms. The van der Waals surface area contributed by atoms with Crippen LogP contribution in [0.3, 0.4) is 0 Å². The number of aryl methyl sites for hydroxylation is 1. The third-order valence-corrected chi connectivity index (χ3v) is 5.65. The molecule has 0 atom stereocenters. The molecule has 1 fully saturated rings. The summed E-state index contributed by atoms with van der Waals surface area (Å²) in [5.41, 5.74) is 6.87. The van der Waals surface area contributed by atoms with Gasteiger partial charge in [-0.1, -0.05) is 12.8 Å². The predicted molar refractivity (Wildman–Crippen MR) is 80.4 cm³/mol. The average molecular weight is 294 g/mol. The molecule has 0 spiro atoms. The maximum atomic E-state index is 5.68. The molecule has 4 nitrogen and oxygen atoms in total. The van der Waals surface area contributed by atoms with Crippen LogP contribution < -0.4 is 11.1 Å². The van der Waals surface area contributed by atoms with Crippen molar-refractivity contribution in [2.24, 2.45) is 0 Å². The van der Waals surface area contributed by atoms with Crippen LogP contribution in [-0.2, 0) is 12.1 Å². The minimum atomic E-state index is 0.0671. The van der Waals surface area contributed by atoms with Gasteiger partial charge in [-0.25, -0.2) is 9.97 Å². The summed E-state index contributed by atoms with van der Waals surface area (Å²) in [5, 5.41) is 7.73. The Bertz CT molecular complexity index is 554. The van der Waals surface area contributed by atoms with E-state index in [1.165, 1.54) is 35.6 Å². The maximum Gasteiger partial charge on any atom is 0.180 e. The van der Waals surface area contributed by atoms with Crippen LogP contribution in [0.4, 0.5) is 5.13 Å². The lowest BCUT2D eigenvalue weighted by molar-refractivity contribution is 0.338. The molecule has 0 bridgehead atoms. The first kappa shape index (κ1) is 13.0. The lowest BCUT2D eigenvalue weighted by atomic mass is 9.98. The Labute approximate surface area is 121 Å². The van der Waals surface area contributed by atoms with Gasteiger partial charge in [-0.3, -0.25) is 0 Å². The monoisotopic (exact) mass is 294 g/mol. The molecule has 0 radical (unpaired) electrons. The van der Waals surface area contributed by atoms with Crippen molar-refractivity contribution >= 4 is 27.8 Å². The summed E-state index contributed by atoms with van der Waals surface area (Å²) in [7, 11) is 0. The normalized spacial score (nSPS) is 17.9. The molecule has 1 aliphatic rings. The van der Waals surface area contributed by atoms with Gasteiger partial charge in [0.2, 0.25) is 0 Å². The molecular formula is C13H18N4S2. The second-order valence-corrected chi connectivity index (χ2v) is 7.11. The second-order valence-electron chi connectivity index (χ2n) is 5.10. The highest BCUT2D eigenvalue weighted by molar-refractivity contribution is 7.15. The molecule has 0 aromatic carbocycles. The molecule has 0 saturated heterocycles. The highest BCUT2D eigenvalue weighted by Crippen LogP contribution is 2.40. The van der Waals surface area contributed by atoms with E-state index < -0.39 is 0 Å². The SMILES string of the molecule is Cc1csc(C2(NCc3cnc(N)s3)CCCC2)n1. The van der Waals surface area contributed by atoms with Crippen LogP contribution in [0.2, 0.25) is 0 Å². The van der Waals surface area contributed by atoms with E-state index >= 15 is 0 Å². The highest BCUT2D eigenvalue weighted by Gasteiger charge is 2.37. The van der Waals surface area contributed by atoms with Crippen molar-refractivity contribution in [1.82, 2.24) is 15.3 Å². The summed E-state index contributed by atoms with van der Waals surface area (Å²) < 4.78 is 0. The fourth-order valence-corrected chi connectivity index (χ4v) is 4.34. The van der Waals surface area contributed by atoms with Crippen LogP contribution >= 0.6 is 22.7 Å². The quantitative estimate of drug-likeness (QED) is 0.909. The zero-order valence-corrected chi connectivity index (χ0v) is 12.6. The summed E-state index contributed by atoms with van der Waals surface area (Å²) in [6.45, 7) is 2.89. The van der Waals surface area contributed by atoms with Gasteiger partial charge in [0.1, 0.15) is 5.01 Å². The number of thiazole rings is 2. The van der Waals surface area contributed by atoms with Gasteiger partial charge in [-0.05, 0) is 19.8 Å². The highest BCUT2D eigenvalue weighted by atomic mass is 32.1. The minimum absolute atomic E-state index is 0.0671. The summed E-state index contributed by atoms with van der Waals surface area (Å²) in [4.78, 5) is 10.00. The maximum absolute atomic E-state index is 5.68. The Balaban J connectivity index is 1.77. The molecule has 0 amide bonds.